The Hall–Kier alpha value is 0.290. The van der Waals surface area contributed by atoms with Crippen molar-refractivity contribution >= 4 is 11.6 Å². The van der Waals surface area contributed by atoms with E-state index in [1.165, 1.54) is 6.42 Å². The van der Waals surface area contributed by atoms with Crippen LogP contribution in [0.15, 0.2) is 0 Å². The monoisotopic (exact) mass is 176 g/mol. The topological polar surface area (TPSA) is 0 Å². The summed E-state index contributed by atoms with van der Waals surface area (Å²) in [5, 5.41) is 0.305. The fourth-order valence-electron chi connectivity index (χ4n) is 1.31. The normalized spacial score (nSPS) is 22.4. The second kappa shape index (κ2) is 5.03. The molecule has 0 rings (SSSR count). The van der Waals surface area contributed by atoms with Gasteiger partial charge in [0.25, 0.3) is 0 Å². The smallest absolute Gasteiger partial charge is 0.0336 e. The molecule has 0 aliphatic heterocycles. The van der Waals surface area contributed by atoms with Gasteiger partial charge in [-0.3, -0.25) is 0 Å². The van der Waals surface area contributed by atoms with Gasteiger partial charge >= 0.3 is 0 Å². The van der Waals surface area contributed by atoms with Crippen LogP contribution in [0.5, 0.6) is 0 Å². The summed E-state index contributed by atoms with van der Waals surface area (Å²) in [6, 6.07) is 0. The molecule has 4 atom stereocenters. The van der Waals surface area contributed by atoms with Gasteiger partial charge in [0.2, 0.25) is 0 Å². The summed E-state index contributed by atoms with van der Waals surface area (Å²) in [7, 11) is 0. The van der Waals surface area contributed by atoms with E-state index in [0.717, 1.165) is 11.8 Å². The first-order valence-corrected chi connectivity index (χ1v) is 5.08. The lowest BCUT2D eigenvalue weighted by atomic mass is 9.82. The van der Waals surface area contributed by atoms with Crippen molar-refractivity contribution in [2.24, 2.45) is 17.8 Å². The maximum Gasteiger partial charge on any atom is 0.0336 e. The largest absolute Gasteiger partial charge is 0.123 e. The molecule has 0 saturated carbocycles. The molecule has 0 bridgehead atoms. The van der Waals surface area contributed by atoms with Crippen LogP contribution in [0.2, 0.25) is 0 Å². The van der Waals surface area contributed by atoms with Crippen LogP contribution >= 0.6 is 11.6 Å². The van der Waals surface area contributed by atoms with Crippen molar-refractivity contribution in [1.29, 1.82) is 0 Å². The molecular formula is C10H21Cl. The molecule has 1 heteroatoms. The first-order valence-electron chi connectivity index (χ1n) is 4.64. The van der Waals surface area contributed by atoms with Crippen LogP contribution in [0.3, 0.4) is 0 Å². The minimum absolute atomic E-state index is 0.305. The van der Waals surface area contributed by atoms with Crippen molar-refractivity contribution in [3.8, 4) is 0 Å². The van der Waals surface area contributed by atoms with E-state index in [1.54, 1.807) is 0 Å². The van der Waals surface area contributed by atoms with E-state index in [2.05, 4.69) is 34.6 Å². The zero-order valence-corrected chi connectivity index (χ0v) is 9.15. The summed E-state index contributed by atoms with van der Waals surface area (Å²) >= 11 is 6.02. The van der Waals surface area contributed by atoms with Gasteiger partial charge in [-0.05, 0) is 24.7 Å². The molecule has 0 heterocycles. The average Bonchev–Trinajstić information content (AvgIpc) is 2.00. The summed E-state index contributed by atoms with van der Waals surface area (Å²) in [4.78, 5) is 0. The van der Waals surface area contributed by atoms with Gasteiger partial charge in [-0.1, -0.05) is 34.1 Å². The fraction of sp³-hybridized carbons (Fsp3) is 1.00. The third-order valence-electron chi connectivity index (χ3n) is 3.10. The van der Waals surface area contributed by atoms with Gasteiger partial charge in [0.05, 0.1) is 0 Å². The predicted octanol–water partition coefficient (Wildman–Crippen LogP) is 3.93. The maximum atomic E-state index is 6.02. The fourth-order valence-corrected chi connectivity index (χ4v) is 1.54. The molecule has 0 aliphatic carbocycles. The molecule has 0 aromatic carbocycles. The molecule has 11 heavy (non-hydrogen) atoms. The Morgan fingerprint density at radius 1 is 1.00 bits per heavy atom. The van der Waals surface area contributed by atoms with Gasteiger partial charge in [-0.25, -0.2) is 0 Å². The molecule has 0 N–H and O–H groups in total. The molecule has 0 fully saturated rings. The summed E-state index contributed by atoms with van der Waals surface area (Å²) < 4.78 is 0. The van der Waals surface area contributed by atoms with Crippen molar-refractivity contribution in [1.82, 2.24) is 0 Å². The molecule has 68 valence electrons. The molecule has 0 aromatic rings. The number of alkyl halides is 1. The van der Waals surface area contributed by atoms with E-state index in [4.69, 9.17) is 11.6 Å². The number of halogens is 1. The number of hydrogen-bond donors (Lipinski definition) is 0. The lowest BCUT2D eigenvalue weighted by molar-refractivity contribution is 0.270. The molecular weight excluding hydrogens is 156 g/mol. The van der Waals surface area contributed by atoms with Crippen molar-refractivity contribution in [2.75, 3.05) is 0 Å². The molecule has 1 unspecified atom stereocenters. The Morgan fingerprint density at radius 2 is 1.45 bits per heavy atom. The van der Waals surface area contributed by atoms with Gasteiger partial charge in [0.15, 0.2) is 0 Å². The minimum Gasteiger partial charge on any atom is -0.123 e. The second-order valence-corrected chi connectivity index (χ2v) is 4.47. The molecule has 0 saturated heterocycles. The number of hydrogen-bond acceptors (Lipinski definition) is 0. The highest BCUT2D eigenvalue weighted by Gasteiger charge is 2.21. The van der Waals surface area contributed by atoms with Gasteiger partial charge < -0.3 is 0 Å². The highest BCUT2D eigenvalue weighted by molar-refractivity contribution is 6.20. The number of rotatable bonds is 4. The van der Waals surface area contributed by atoms with E-state index in [-0.39, 0.29) is 0 Å². The summed E-state index contributed by atoms with van der Waals surface area (Å²) in [6.07, 6.45) is 1.26. The Balaban J connectivity index is 3.90. The third kappa shape index (κ3) is 3.46. The molecule has 0 nitrogen and oxygen atoms in total. The van der Waals surface area contributed by atoms with E-state index in [9.17, 15) is 0 Å². The van der Waals surface area contributed by atoms with Crippen molar-refractivity contribution in [3.05, 3.63) is 0 Å². The van der Waals surface area contributed by atoms with Crippen molar-refractivity contribution in [3.63, 3.8) is 0 Å². The summed E-state index contributed by atoms with van der Waals surface area (Å²) in [5.41, 5.74) is 0. The van der Waals surface area contributed by atoms with Crippen LogP contribution in [-0.2, 0) is 0 Å². The minimum atomic E-state index is 0.305. The Bertz CT molecular complexity index is 99.0. The molecule has 0 radical (unpaired) electrons. The zero-order valence-electron chi connectivity index (χ0n) is 8.39. The second-order valence-electron chi connectivity index (χ2n) is 3.78. The van der Waals surface area contributed by atoms with E-state index < -0.39 is 0 Å². The zero-order chi connectivity index (χ0) is 9.02. The van der Waals surface area contributed by atoms with Crippen LogP contribution < -0.4 is 0 Å². The average molecular weight is 177 g/mol. The third-order valence-corrected chi connectivity index (χ3v) is 3.49. The standard InChI is InChI=1S/C10H21Cl/c1-6-7(2)8(3)9(4)10(5)11/h7-10H,6H2,1-5H3/t7?,8-,9+,10-/m1/s1. The molecule has 0 spiro atoms. The van der Waals surface area contributed by atoms with E-state index in [1.807, 2.05) is 0 Å². The van der Waals surface area contributed by atoms with E-state index >= 15 is 0 Å². The Labute approximate surface area is 76.3 Å². The van der Waals surface area contributed by atoms with Gasteiger partial charge in [-0.15, -0.1) is 11.6 Å². The van der Waals surface area contributed by atoms with Crippen LogP contribution in [0.4, 0.5) is 0 Å². The molecule has 0 aliphatic rings. The van der Waals surface area contributed by atoms with Crippen molar-refractivity contribution < 1.29 is 0 Å². The van der Waals surface area contributed by atoms with Gasteiger partial charge in [0.1, 0.15) is 0 Å². The lowest BCUT2D eigenvalue weighted by Gasteiger charge is -2.26. The Morgan fingerprint density at radius 3 is 1.73 bits per heavy atom. The summed E-state index contributed by atoms with van der Waals surface area (Å²) in [5.74, 6) is 2.17. The van der Waals surface area contributed by atoms with Crippen molar-refractivity contribution in [2.45, 2.75) is 46.4 Å². The first-order chi connectivity index (χ1) is 5.00. The molecule has 0 amide bonds. The quantitative estimate of drug-likeness (QED) is 0.570. The van der Waals surface area contributed by atoms with Gasteiger partial charge in [0, 0.05) is 5.38 Å². The SMILES string of the molecule is CCC(C)[C@@H](C)[C@H](C)[C@@H](C)Cl. The maximum absolute atomic E-state index is 6.02. The van der Waals surface area contributed by atoms with Gasteiger partial charge in [-0.2, -0.15) is 0 Å². The predicted molar refractivity (Wildman–Crippen MR) is 53.1 cm³/mol. The lowest BCUT2D eigenvalue weighted by Crippen LogP contribution is -2.22. The molecule has 0 aromatic heterocycles. The highest BCUT2D eigenvalue weighted by atomic mass is 35.5. The van der Waals surface area contributed by atoms with Crippen LogP contribution in [0.25, 0.3) is 0 Å². The Kier molecular flexibility index (Phi) is 5.16. The van der Waals surface area contributed by atoms with Crippen LogP contribution in [0, 0.1) is 17.8 Å². The summed E-state index contributed by atoms with van der Waals surface area (Å²) in [6.45, 7) is 11.2. The van der Waals surface area contributed by atoms with Crippen LogP contribution in [0.1, 0.15) is 41.0 Å². The van der Waals surface area contributed by atoms with E-state index in [0.29, 0.717) is 11.3 Å². The van der Waals surface area contributed by atoms with Crippen LogP contribution in [-0.4, -0.2) is 5.38 Å². The first kappa shape index (κ1) is 11.3. The highest BCUT2D eigenvalue weighted by Crippen LogP contribution is 2.27.